The molecule has 2 aromatic rings. The number of Topliss-reactive ketones (excluding diaryl/α,β-unsaturated/α-hetero) is 1. The van der Waals surface area contributed by atoms with E-state index in [-0.39, 0.29) is 0 Å². The summed E-state index contributed by atoms with van der Waals surface area (Å²) in [5, 5.41) is 18.9. The third-order valence-corrected chi connectivity index (χ3v) is 6.27. The van der Waals surface area contributed by atoms with Crippen molar-refractivity contribution in [2.45, 2.75) is 44.6 Å². The van der Waals surface area contributed by atoms with Gasteiger partial charge in [-0.2, -0.15) is 0 Å². The molecule has 0 unspecified atom stereocenters. The average Bonchev–Trinajstić information content (AvgIpc) is 2.75. The van der Waals surface area contributed by atoms with E-state index in [1.807, 2.05) is 48.5 Å². The van der Waals surface area contributed by atoms with E-state index in [9.17, 15) is 15.0 Å². The third-order valence-electron chi connectivity index (χ3n) is 6.27. The maximum atomic E-state index is 11.1. The van der Waals surface area contributed by atoms with Gasteiger partial charge in [0.1, 0.15) is 5.78 Å². The SMILES string of the molecule is [B][N+]1(Cc2ccccc2)CCC(=O)CC1.[B][N+]1(Cc2ccccc2)CCC(O)(O)CC1. The van der Waals surface area contributed by atoms with E-state index in [4.69, 9.17) is 16.0 Å². The summed E-state index contributed by atoms with van der Waals surface area (Å²) in [5.41, 5.74) is 2.43. The van der Waals surface area contributed by atoms with Crippen molar-refractivity contribution in [3.8, 4) is 0 Å². The van der Waals surface area contributed by atoms with E-state index >= 15 is 0 Å². The van der Waals surface area contributed by atoms with Gasteiger partial charge in [-0.3, -0.25) is 4.79 Å². The quantitative estimate of drug-likeness (QED) is 0.590. The van der Waals surface area contributed by atoms with Crippen molar-refractivity contribution in [1.82, 2.24) is 0 Å². The molecule has 0 spiro atoms. The van der Waals surface area contributed by atoms with E-state index in [2.05, 4.69) is 12.1 Å². The molecule has 2 N–H and O–H groups in total. The summed E-state index contributed by atoms with van der Waals surface area (Å²) in [7, 11) is 12.5. The van der Waals surface area contributed by atoms with E-state index in [1.54, 1.807) is 0 Å². The lowest BCUT2D eigenvalue weighted by Gasteiger charge is -2.43. The molecule has 160 valence electrons. The summed E-state index contributed by atoms with van der Waals surface area (Å²) in [4.78, 5) is 11.1. The Morgan fingerprint density at radius 2 is 1.10 bits per heavy atom. The van der Waals surface area contributed by atoms with Crippen LogP contribution in [0.3, 0.4) is 0 Å². The van der Waals surface area contributed by atoms with Crippen LogP contribution in [0.25, 0.3) is 0 Å². The molecule has 0 aliphatic carbocycles. The summed E-state index contributed by atoms with van der Waals surface area (Å²) >= 11 is 0. The fourth-order valence-electron chi connectivity index (χ4n) is 4.18. The van der Waals surface area contributed by atoms with Gasteiger partial charge in [0.05, 0.1) is 52.1 Å². The first-order valence-electron chi connectivity index (χ1n) is 11.0. The zero-order chi connectivity index (χ0) is 22.4. The molecule has 4 radical (unpaired) electrons. The van der Waals surface area contributed by atoms with Crippen molar-refractivity contribution in [2.24, 2.45) is 0 Å². The number of aliphatic hydroxyl groups is 2. The lowest BCUT2D eigenvalue weighted by atomic mass is 9.95. The molecule has 0 bridgehead atoms. The number of nitrogens with zero attached hydrogens (tertiary/aromatic N) is 2. The molecule has 0 saturated carbocycles. The molecule has 7 heteroatoms. The molecule has 31 heavy (non-hydrogen) atoms. The fourth-order valence-corrected chi connectivity index (χ4v) is 4.18. The number of benzene rings is 2. The molecule has 0 atom stereocenters. The minimum absolute atomic E-state index is 0.344. The molecule has 2 heterocycles. The lowest BCUT2D eigenvalue weighted by Crippen LogP contribution is -2.55. The number of carbonyl (C=O) groups excluding carboxylic acids is 1. The first-order chi connectivity index (χ1) is 14.7. The molecule has 5 nitrogen and oxygen atoms in total. The summed E-state index contributed by atoms with van der Waals surface area (Å²) in [6.07, 6.45) is 1.94. The predicted octanol–water partition coefficient (Wildman–Crippen LogP) is 2.01. The van der Waals surface area contributed by atoms with Crippen LogP contribution in [0.15, 0.2) is 60.7 Å². The van der Waals surface area contributed by atoms with Gasteiger partial charge in [-0.05, 0) is 0 Å². The molecule has 2 fully saturated rings. The summed E-state index contributed by atoms with van der Waals surface area (Å²) in [6, 6.07) is 20.3. The van der Waals surface area contributed by atoms with Gasteiger partial charge in [-0.25, -0.2) is 0 Å². The number of rotatable bonds is 4. The molecule has 2 aliphatic heterocycles. The molecular formula is C24H32B2N2O3+2. The number of piperidine rings is 2. The predicted molar refractivity (Wildman–Crippen MR) is 122 cm³/mol. The fraction of sp³-hybridized carbons (Fsp3) is 0.458. The second-order valence-corrected chi connectivity index (χ2v) is 9.14. The third kappa shape index (κ3) is 7.62. The Bertz CT molecular complexity index is 826. The van der Waals surface area contributed by atoms with Crippen LogP contribution in [0.1, 0.15) is 36.8 Å². The number of ketones is 1. The minimum Gasteiger partial charge on any atom is -0.392 e. The van der Waals surface area contributed by atoms with E-state index in [0.29, 0.717) is 53.3 Å². The van der Waals surface area contributed by atoms with Crippen molar-refractivity contribution in [2.75, 3.05) is 26.2 Å². The number of quaternary nitrogens is 2. The highest BCUT2D eigenvalue weighted by Gasteiger charge is 2.37. The molecule has 2 aliphatic rings. The highest BCUT2D eigenvalue weighted by molar-refractivity contribution is 5.98. The van der Waals surface area contributed by atoms with Gasteiger partial charge in [0.2, 0.25) is 0 Å². The van der Waals surface area contributed by atoms with Gasteiger partial charge >= 0.3 is 16.0 Å². The first kappa shape index (κ1) is 23.7. The van der Waals surface area contributed by atoms with Gasteiger partial charge in [0.15, 0.2) is 5.79 Å². The van der Waals surface area contributed by atoms with Gasteiger partial charge in [0, 0.05) is 24.0 Å². The van der Waals surface area contributed by atoms with Gasteiger partial charge in [-0.15, -0.1) is 0 Å². The Hall–Kier alpha value is -1.92. The van der Waals surface area contributed by atoms with Crippen LogP contribution in [-0.4, -0.2) is 72.7 Å². The monoisotopic (exact) mass is 418 g/mol. The van der Waals surface area contributed by atoms with Crippen LogP contribution in [0.4, 0.5) is 0 Å². The normalized spacial score (nSPS) is 21.5. The van der Waals surface area contributed by atoms with Crippen LogP contribution < -0.4 is 0 Å². The van der Waals surface area contributed by atoms with Gasteiger partial charge < -0.3 is 19.0 Å². The Morgan fingerprint density at radius 1 is 0.710 bits per heavy atom. The van der Waals surface area contributed by atoms with E-state index in [0.717, 1.165) is 26.2 Å². The summed E-state index contributed by atoms with van der Waals surface area (Å²) in [6.45, 7) is 4.32. The zero-order valence-electron chi connectivity index (χ0n) is 18.2. The zero-order valence-corrected chi connectivity index (χ0v) is 18.2. The standard InChI is InChI=1S/C12H17BNO2.C12H15BNO/c13-14(8-6-12(15,16)7-9-14)10-11-4-2-1-3-5-11;13-14(8-6-12(15)7-9-14)10-11-4-2-1-3-5-11/h1-5,15-16H,6-10H2;1-5H,6-10H2/q2*+1. The van der Waals surface area contributed by atoms with Crippen LogP contribution >= 0.6 is 0 Å². The first-order valence-corrected chi connectivity index (χ1v) is 11.0. The van der Waals surface area contributed by atoms with Crippen molar-refractivity contribution in [3.63, 3.8) is 0 Å². The largest absolute Gasteiger partial charge is 0.481 e. The van der Waals surface area contributed by atoms with Crippen molar-refractivity contribution < 1.29 is 23.8 Å². The summed E-state index contributed by atoms with van der Waals surface area (Å²) < 4.78 is 0.905. The Kier molecular flexibility index (Phi) is 7.76. The maximum absolute atomic E-state index is 11.1. The smallest absolute Gasteiger partial charge is 0.392 e. The molecule has 0 amide bonds. The molecule has 4 rings (SSSR count). The number of likely N-dealkylation sites (tertiary alicyclic amines) is 2. The molecule has 2 saturated heterocycles. The van der Waals surface area contributed by atoms with Crippen molar-refractivity contribution >= 4 is 21.7 Å². The lowest BCUT2D eigenvalue weighted by molar-refractivity contribution is -0.841. The van der Waals surface area contributed by atoms with Crippen LogP contribution in [0, 0.1) is 0 Å². The number of hydrogen-bond acceptors (Lipinski definition) is 3. The van der Waals surface area contributed by atoms with Crippen molar-refractivity contribution in [1.29, 1.82) is 0 Å². The summed E-state index contributed by atoms with van der Waals surface area (Å²) in [5.74, 6) is -1.17. The second kappa shape index (κ2) is 10.1. The van der Waals surface area contributed by atoms with Crippen LogP contribution in [0.2, 0.25) is 0 Å². The van der Waals surface area contributed by atoms with Crippen LogP contribution in [0.5, 0.6) is 0 Å². The second-order valence-electron chi connectivity index (χ2n) is 9.14. The maximum Gasteiger partial charge on any atom is 0.481 e. The average molecular weight is 418 g/mol. The van der Waals surface area contributed by atoms with E-state index in [1.165, 1.54) is 11.1 Å². The number of carbonyl (C=O) groups is 1. The Morgan fingerprint density at radius 3 is 1.52 bits per heavy atom. The Labute approximate surface area is 188 Å². The Balaban J connectivity index is 0.000000176. The molecule has 2 aromatic carbocycles. The molecular weight excluding hydrogens is 386 g/mol. The minimum atomic E-state index is -1.52. The highest BCUT2D eigenvalue weighted by atomic mass is 16.5. The molecule has 0 aromatic heterocycles. The van der Waals surface area contributed by atoms with Crippen LogP contribution in [-0.2, 0) is 17.9 Å². The van der Waals surface area contributed by atoms with Gasteiger partial charge in [-0.1, -0.05) is 60.7 Å². The highest BCUT2D eigenvalue weighted by Crippen LogP contribution is 2.25. The van der Waals surface area contributed by atoms with E-state index < -0.39 is 5.79 Å². The van der Waals surface area contributed by atoms with Gasteiger partial charge in [0.25, 0.3) is 0 Å². The van der Waals surface area contributed by atoms with Crippen molar-refractivity contribution in [3.05, 3.63) is 71.8 Å². The topological polar surface area (TPSA) is 57.5 Å². The number of hydrogen-bond donors (Lipinski definition) is 2.